The first kappa shape index (κ1) is 19.9. The van der Waals surface area contributed by atoms with Crippen LogP contribution in [0.25, 0.3) is 0 Å². The number of carbonyl (C=O) groups is 1. The summed E-state index contributed by atoms with van der Waals surface area (Å²) in [6.07, 6.45) is 1.18. The third kappa shape index (κ3) is 4.60. The molecule has 0 aliphatic carbocycles. The molecule has 0 heterocycles. The van der Waals surface area contributed by atoms with Gasteiger partial charge in [-0.1, -0.05) is 43.3 Å². The van der Waals surface area contributed by atoms with Crippen LogP contribution >= 0.6 is 0 Å². The highest BCUT2D eigenvalue weighted by Crippen LogP contribution is 2.25. The number of para-hydroxylation sites is 1. The summed E-state index contributed by atoms with van der Waals surface area (Å²) < 4.78 is 39.6. The lowest BCUT2D eigenvalue weighted by molar-refractivity contribution is -0.122. The Kier molecular flexibility index (Phi) is 6.37. The Morgan fingerprint density at radius 2 is 1.77 bits per heavy atom. The highest BCUT2D eigenvalue weighted by atomic mass is 32.2. The molecule has 0 radical (unpaired) electrons. The minimum atomic E-state index is -3.86. The van der Waals surface area contributed by atoms with Crippen molar-refractivity contribution in [2.45, 2.75) is 32.9 Å². The maximum Gasteiger partial charge on any atom is 0.244 e. The Balaban J connectivity index is 2.29. The number of sulfonamides is 1. The number of anilines is 1. The highest BCUT2D eigenvalue weighted by molar-refractivity contribution is 7.92. The summed E-state index contributed by atoms with van der Waals surface area (Å²) >= 11 is 0. The maximum absolute atomic E-state index is 14.2. The van der Waals surface area contributed by atoms with Gasteiger partial charge in [0, 0.05) is 6.54 Å². The molecule has 0 saturated heterocycles. The van der Waals surface area contributed by atoms with Crippen molar-refractivity contribution in [1.82, 2.24) is 5.32 Å². The van der Waals surface area contributed by atoms with E-state index in [1.807, 2.05) is 31.2 Å². The van der Waals surface area contributed by atoms with Gasteiger partial charge in [0.1, 0.15) is 11.9 Å². The van der Waals surface area contributed by atoms with E-state index in [1.54, 1.807) is 6.92 Å². The zero-order chi connectivity index (χ0) is 19.3. The fourth-order valence-corrected chi connectivity index (χ4v) is 3.99. The van der Waals surface area contributed by atoms with E-state index in [-0.39, 0.29) is 18.7 Å². The van der Waals surface area contributed by atoms with Crippen molar-refractivity contribution >= 4 is 21.6 Å². The fraction of sp³-hybridized carbons (Fsp3) is 0.316. The summed E-state index contributed by atoms with van der Waals surface area (Å²) in [5.74, 6) is -1.16. The second-order valence-corrected chi connectivity index (χ2v) is 7.94. The number of amides is 1. The number of benzene rings is 2. The summed E-state index contributed by atoms with van der Waals surface area (Å²) in [7, 11) is -3.86. The van der Waals surface area contributed by atoms with E-state index in [2.05, 4.69) is 5.32 Å². The fourth-order valence-electron chi connectivity index (χ4n) is 2.77. The van der Waals surface area contributed by atoms with E-state index < -0.39 is 27.8 Å². The molecule has 0 aliphatic heterocycles. The number of hydrogen-bond donors (Lipinski definition) is 1. The first-order valence-corrected chi connectivity index (χ1v) is 10.2. The Hall–Kier alpha value is -2.41. The van der Waals surface area contributed by atoms with E-state index in [1.165, 1.54) is 24.3 Å². The number of carbonyl (C=O) groups excluding carboxylic acids is 1. The van der Waals surface area contributed by atoms with Crippen LogP contribution in [0.1, 0.15) is 24.5 Å². The van der Waals surface area contributed by atoms with Gasteiger partial charge in [-0.25, -0.2) is 12.8 Å². The second-order valence-electron chi connectivity index (χ2n) is 6.08. The molecule has 0 spiro atoms. The number of aryl methyl sites for hydroxylation is 1. The van der Waals surface area contributed by atoms with Crippen LogP contribution in [0, 0.1) is 12.7 Å². The van der Waals surface area contributed by atoms with E-state index in [9.17, 15) is 17.6 Å². The van der Waals surface area contributed by atoms with Gasteiger partial charge in [0.15, 0.2) is 0 Å². The smallest absolute Gasteiger partial charge is 0.244 e. The molecule has 0 unspecified atom stereocenters. The molecular formula is C19H23FN2O3S. The molecule has 0 aliphatic rings. The minimum absolute atomic E-state index is 0.132. The molecule has 1 atom stereocenters. The number of nitrogens with zero attached hydrogens (tertiary/aromatic N) is 1. The van der Waals surface area contributed by atoms with Gasteiger partial charge in [0.2, 0.25) is 15.9 Å². The SMILES string of the molecule is CC[C@@H](C(=O)NCc1ccccc1C)N(c1ccccc1F)S(C)(=O)=O. The maximum atomic E-state index is 14.2. The summed E-state index contributed by atoms with van der Waals surface area (Å²) in [6, 6.07) is 12.1. The van der Waals surface area contributed by atoms with Crippen LogP contribution < -0.4 is 9.62 Å². The quantitative estimate of drug-likeness (QED) is 0.805. The van der Waals surface area contributed by atoms with Gasteiger partial charge in [0.05, 0.1) is 11.9 Å². The average molecular weight is 378 g/mol. The number of nitrogens with one attached hydrogen (secondary N) is 1. The number of hydrogen-bond acceptors (Lipinski definition) is 3. The van der Waals surface area contributed by atoms with Crippen molar-refractivity contribution in [1.29, 1.82) is 0 Å². The van der Waals surface area contributed by atoms with E-state index >= 15 is 0 Å². The zero-order valence-electron chi connectivity index (χ0n) is 15.1. The molecule has 1 N–H and O–H groups in total. The largest absolute Gasteiger partial charge is 0.350 e. The number of halogens is 1. The van der Waals surface area contributed by atoms with Crippen LogP contribution in [-0.4, -0.2) is 26.6 Å². The van der Waals surface area contributed by atoms with Crippen LogP contribution in [0.4, 0.5) is 10.1 Å². The van der Waals surface area contributed by atoms with Crippen LogP contribution in [0.3, 0.4) is 0 Å². The lowest BCUT2D eigenvalue weighted by Gasteiger charge is -2.30. The summed E-state index contributed by atoms with van der Waals surface area (Å²) in [5.41, 5.74) is 1.83. The Bertz CT molecular complexity index is 884. The van der Waals surface area contributed by atoms with Crippen molar-refractivity contribution in [3.05, 3.63) is 65.5 Å². The lowest BCUT2D eigenvalue weighted by Crippen LogP contribution is -2.49. The highest BCUT2D eigenvalue weighted by Gasteiger charge is 2.32. The molecule has 26 heavy (non-hydrogen) atoms. The first-order chi connectivity index (χ1) is 12.3. The molecule has 2 aromatic carbocycles. The van der Waals surface area contributed by atoms with E-state index in [4.69, 9.17) is 0 Å². The molecular weight excluding hydrogens is 355 g/mol. The molecule has 1 amide bonds. The molecule has 140 valence electrons. The van der Waals surface area contributed by atoms with Gasteiger partial charge in [-0.15, -0.1) is 0 Å². The van der Waals surface area contributed by atoms with Crippen molar-refractivity contribution < 1.29 is 17.6 Å². The summed E-state index contributed by atoms with van der Waals surface area (Å²) in [5, 5.41) is 2.77. The molecule has 0 aromatic heterocycles. The third-order valence-electron chi connectivity index (χ3n) is 4.13. The van der Waals surface area contributed by atoms with Gasteiger partial charge in [-0.3, -0.25) is 9.10 Å². The second kappa shape index (κ2) is 8.31. The molecule has 5 nitrogen and oxygen atoms in total. The molecule has 0 saturated carbocycles. The predicted octanol–water partition coefficient (Wildman–Crippen LogP) is 3.00. The molecule has 2 rings (SSSR count). The predicted molar refractivity (Wildman–Crippen MR) is 101 cm³/mol. The third-order valence-corrected chi connectivity index (χ3v) is 5.30. The Labute approximate surface area is 153 Å². The van der Waals surface area contributed by atoms with Crippen molar-refractivity contribution in [3.8, 4) is 0 Å². The normalized spacial score (nSPS) is 12.5. The Morgan fingerprint density at radius 3 is 2.35 bits per heavy atom. The molecule has 0 fully saturated rings. The van der Waals surface area contributed by atoms with E-state index in [0.29, 0.717) is 0 Å². The van der Waals surface area contributed by atoms with Gasteiger partial charge >= 0.3 is 0 Å². The average Bonchev–Trinajstić information content (AvgIpc) is 2.58. The molecule has 7 heteroatoms. The van der Waals surface area contributed by atoms with Gasteiger partial charge < -0.3 is 5.32 Å². The van der Waals surface area contributed by atoms with Crippen LogP contribution in [0.15, 0.2) is 48.5 Å². The van der Waals surface area contributed by atoms with Gasteiger partial charge in [0.25, 0.3) is 0 Å². The van der Waals surface area contributed by atoms with Crippen LogP contribution in [0.5, 0.6) is 0 Å². The van der Waals surface area contributed by atoms with Gasteiger partial charge in [-0.05, 0) is 36.6 Å². The zero-order valence-corrected chi connectivity index (χ0v) is 15.9. The summed E-state index contributed by atoms with van der Waals surface area (Å²) in [6.45, 7) is 3.90. The minimum Gasteiger partial charge on any atom is -0.350 e. The standard InChI is InChI=1S/C19H23FN2O3S/c1-4-17(19(23)21-13-15-10-6-5-9-14(15)2)22(26(3,24)25)18-12-8-7-11-16(18)20/h5-12,17H,4,13H2,1-3H3,(H,21,23)/t17-/m0/s1. The first-order valence-electron chi connectivity index (χ1n) is 8.31. The lowest BCUT2D eigenvalue weighted by atomic mass is 10.1. The summed E-state index contributed by atoms with van der Waals surface area (Å²) in [4.78, 5) is 12.7. The van der Waals surface area contributed by atoms with Crippen molar-refractivity contribution in [3.63, 3.8) is 0 Å². The van der Waals surface area contributed by atoms with Gasteiger partial charge in [-0.2, -0.15) is 0 Å². The van der Waals surface area contributed by atoms with Crippen molar-refractivity contribution in [2.75, 3.05) is 10.6 Å². The van der Waals surface area contributed by atoms with Crippen molar-refractivity contribution in [2.24, 2.45) is 0 Å². The van der Waals surface area contributed by atoms with Crippen LogP contribution in [-0.2, 0) is 21.4 Å². The van der Waals surface area contributed by atoms with Crippen LogP contribution in [0.2, 0.25) is 0 Å². The molecule has 0 bridgehead atoms. The topological polar surface area (TPSA) is 66.5 Å². The molecule has 2 aromatic rings. The Morgan fingerprint density at radius 1 is 1.15 bits per heavy atom. The number of rotatable bonds is 7. The van der Waals surface area contributed by atoms with E-state index in [0.717, 1.165) is 21.7 Å². The monoisotopic (exact) mass is 378 g/mol.